The van der Waals surface area contributed by atoms with Crippen LogP contribution in [0.4, 0.5) is 5.69 Å². The first kappa shape index (κ1) is 16.3. The molecule has 0 spiro atoms. The fourth-order valence-electron chi connectivity index (χ4n) is 2.84. The Morgan fingerprint density at radius 3 is 2.52 bits per heavy atom. The molecule has 2 atom stereocenters. The lowest BCUT2D eigenvalue weighted by Gasteiger charge is -2.35. The average molecular weight is 311 g/mol. The summed E-state index contributed by atoms with van der Waals surface area (Å²) in [7, 11) is -1.52. The number of sulfonamides is 1. The summed E-state index contributed by atoms with van der Waals surface area (Å²) in [6.07, 6.45) is 0.821. The molecule has 1 aliphatic heterocycles. The third-order valence-corrected chi connectivity index (χ3v) is 5.88. The number of hydrogen-bond acceptors (Lipinski definition) is 4. The normalized spacial score (nSPS) is 24.2. The van der Waals surface area contributed by atoms with Crippen LogP contribution in [0.15, 0.2) is 17.0 Å². The number of benzene rings is 1. The average Bonchev–Trinajstić information content (AvgIpc) is 2.37. The van der Waals surface area contributed by atoms with Crippen molar-refractivity contribution in [1.29, 1.82) is 0 Å². The Morgan fingerprint density at radius 2 is 1.90 bits per heavy atom. The molecule has 1 aromatic rings. The molecule has 6 heteroatoms. The van der Waals surface area contributed by atoms with Gasteiger partial charge in [0.1, 0.15) is 4.90 Å². The van der Waals surface area contributed by atoms with Crippen molar-refractivity contribution in [3.05, 3.63) is 23.3 Å². The molecule has 0 saturated carbocycles. The highest BCUT2D eigenvalue weighted by Crippen LogP contribution is 2.24. The Kier molecular flexibility index (Phi) is 4.60. The van der Waals surface area contributed by atoms with Crippen LogP contribution in [0.5, 0.6) is 0 Å². The van der Waals surface area contributed by atoms with E-state index >= 15 is 0 Å². The number of piperidine rings is 1. The molecule has 1 saturated heterocycles. The number of nitrogens with zero attached hydrogens (tertiary/aromatic N) is 1. The van der Waals surface area contributed by atoms with Crippen LogP contribution in [0.3, 0.4) is 0 Å². The van der Waals surface area contributed by atoms with Crippen molar-refractivity contribution in [2.45, 2.75) is 38.1 Å². The minimum absolute atomic E-state index is 0.0350. The van der Waals surface area contributed by atoms with E-state index in [1.165, 1.54) is 0 Å². The van der Waals surface area contributed by atoms with Gasteiger partial charge >= 0.3 is 0 Å². The first-order chi connectivity index (χ1) is 9.70. The Labute approximate surface area is 127 Å². The van der Waals surface area contributed by atoms with Crippen LogP contribution in [-0.2, 0) is 10.0 Å². The fourth-order valence-corrected chi connectivity index (χ4v) is 4.41. The van der Waals surface area contributed by atoms with Crippen molar-refractivity contribution in [2.75, 3.05) is 25.9 Å². The molecule has 3 N–H and O–H groups in total. The fraction of sp³-hybridized carbons (Fsp3) is 0.600. The monoisotopic (exact) mass is 311 g/mol. The van der Waals surface area contributed by atoms with Crippen LogP contribution in [0.1, 0.15) is 24.5 Å². The van der Waals surface area contributed by atoms with E-state index in [4.69, 9.17) is 5.73 Å². The van der Waals surface area contributed by atoms with E-state index in [2.05, 4.69) is 23.6 Å². The maximum absolute atomic E-state index is 12.6. The lowest BCUT2D eigenvalue weighted by atomic mass is 9.95. The van der Waals surface area contributed by atoms with Gasteiger partial charge < -0.3 is 10.6 Å². The quantitative estimate of drug-likeness (QED) is 0.830. The van der Waals surface area contributed by atoms with Crippen molar-refractivity contribution in [1.82, 2.24) is 9.62 Å². The predicted octanol–water partition coefficient (Wildman–Crippen LogP) is 1.50. The molecule has 2 unspecified atom stereocenters. The molecule has 1 heterocycles. The van der Waals surface area contributed by atoms with Crippen LogP contribution in [0, 0.1) is 19.8 Å². The summed E-state index contributed by atoms with van der Waals surface area (Å²) >= 11 is 0. The van der Waals surface area contributed by atoms with Gasteiger partial charge in [-0.05, 0) is 63.0 Å². The summed E-state index contributed by atoms with van der Waals surface area (Å²) in [4.78, 5) is 2.41. The maximum Gasteiger partial charge on any atom is 0.242 e. The first-order valence-electron chi connectivity index (χ1n) is 7.28. The largest absolute Gasteiger partial charge is 0.398 e. The molecule has 118 valence electrons. The highest BCUT2D eigenvalue weighted by atomic mass is 32.2. The summed E-state index contributed by atoms with van der Waals surface area (Å²) in [6.45, 7) is 7.70. The van der Waals surface area contributed by atoms with Crippen molar-refractivity contribution >= 4 is 15.7 Å². The van der Waals surface area contributed by atoms with Crippen molar-refractivity contribution in [3.63, 3.8) is 0 Å². The molecule has 1 aromatic carbocycles. The van der Waals surface area contributed by atoms with E-state index in [1.807, 2.05) is 13.8 Å². The first-order valence-corrected chi connectivity index (χ1v) is 8.76. The SMILES string of the molecule is Cc1cc(N)c(S(=O)(=O)NC2CCN(C)CC2C)cc1C. The number of nitrogens with two attached hydrogens (primary N) is 1. The van der Waals surface area contributed by atoms with Crippen LogP contribution in [-0.4, -0.2) is 39.5 Å². The van der Waals surface area contributed by atoms with Crippen molar-refractivity contribution in [3.8, 4) is 0 Å². The summed E-state index contributed by atoms with van der Waals surface area (Å²) in [6, 6.07) is 3.35. The standard InChI is InChI=1S/C15H25N3O2S/c1-10-7-13(16)15(8-11(10)2)21(19,20)17-14-5-6-18(4)9-12(14)3/h7-8,12,14,17H,5-6,9,16H2,1-4H3. The van der Waals surface area contributed by atoms with E-state index in [0.29, 0.717) is 5.69 Å². The Hall–Kier alpha value is -1.11. The number of nitrogens with one attached hydrogen (secondary N) is 1. The van der Waals surface area contributed by atoms with E-state index < -0.39 is 10.0 Å². The second-order valence-electron chi connectivity index (χ2n) is 6.23. The molecule has 0 amide bonds. The van der Waals surface area contributed by atoms with Gasteiger partial charge in [-0.1, -0.05) is 6.92 Å². The van der Waals surface area contributed by atoms with E-state index in [-0.39, 0.29) is 16.9 Å². The molecular formula is C15H25N3O2S. The lowest BCUT2D eigenvalue weighted by Crippen LogP contribution is -2.48. The molecule has 0 bridgehead atoms. The van der Waals surface area contributed by atoms with Gasteiger partial charge in [-0.3, -0.25) is 0 Å². The molecular weight excluding hydrogens is 286 g/mol. The van der Waals surface area contributed by atoms with Crippen molar-refractivity contribution < 1.29 is 8.42 Å². The summed E-state index contributed by atoms with van der Waals surface area (Å²) in [5.41, 5.74) is 8.15. The van der Waals surface area contributed by atoms with Crippen molar-refractivity contribution in [2.24, 2.45) is 5.92 Å². The third kappa shape index (κ3) is 3.56. The minimum atomic E-state index is -3.57. The molecule has 0 aliphatic carbocycles. The van der Waals surface area contributed by atoms with Crippen LogP contribution >= 0.6 is 0 Å². The zero-order chi connectivity index (χ0) is 15.8. The Bertz CT molecular complexity index is 628. The Balaban J connectivity index is 2.25. The molecule has 0 aromatic heterocycles. The second kappa shape index (κ2) is 5.94. The van der Waals surface area contributed by atoms with Gasteiger partial charge in [0.15, 0.2) is 0 Å². The van der Waals surface area contributed by atoms with Gasteiger partial charge in [0.05, 0.1) is 5.69 Å². The molecule has 1 fully saturated rings. The van der Waals surface area contributed by atoms with Gasteiger partial charge in [-0.2, -0.15) is 0 Å². The molecule has 21 heavy (non-hydrogen) atoms. The smallest absolute Gasteiger partial charge is 0.242 e. The second-order valence-corrected chi connectivity index (χ2v) is 7.91. The van der Waals surface area contributed by atoms with Crippen LogP contribution in [0.2, 0.25) is 0 Å². The zero-order valence-corrected chi connectivity index (χ0v) is 14.0. The van der Waals surface area contributed by atoms with E-state index in [0.717, 1.165) is 30.6 Å². The number of aryl methyl sites for hydroxylation is 2. The highest BCUT2D eigenvalue weighted by molar-refractivity contribution is 7.89. The number of likely N-dealkylation sites (tertiary alicyclic amines) is 1. The van der Waals surface area contributed by atoms with Gasteiger partial charge in [0.2, 0.25) is 10.0 Å². The number of nitrogen functional groups attached to an aromatic ring is 1. The van der Waals surface area contributed by atoms with E-state index in [1.54, 1.807) is 12.1 Å². The third-order valence-electron chi connectivity index (χ3n) is 4.33. The van der Waals surface area contributed by atoms with Gasteiger partial charge in [0, 0.05) is 12.6 Å². The number of rotatable bonds is 3. The number of hydrogen-bond donors (Lipinski definition) is 2. The lowest BCUT2D eigenvalue weighted by molar-refractivity contribution is 0.188. The maximum atomic E-state index is 12.6. The zero-order valence-electron chi connectivity index (χ0n) is 13.2. The summed E-state index contributed by atoms with van der Waals surface area (Å²) in [5, 5.41) is 0. The summed E-state index contributed by atoms with van der Waals surface area (Å²) in [5.74, 6) is 0.284. The molecule has 1 aliphatic rings. The van der Waals surface area contributed by atoms with Crippen LogP contribution < -0.4 is 10.5 Å². The van der Waals surface area contributed by atoms with Gasteiger partial charge in [-0.25, -0.2) is 13.1 Å². The minimum Gasteiger partial charge on any atom is -0.398 e. The molecule has 0 radical (unpaired) electrons. The highest BCUT2D eigenvalue weighted by Gasteiger charge is 2.29. The van der Waals surface area contributed by atoms with E-state index in [9.17, 15) is 8.42 Å². The van der Waals surface area contributed by atoms with Gasteiger partial charge in [0.25, 0.3) is 0 Å². The Morgan fingerprint density at radius 1 is 1.29 bits per heavy atom. The summed E-state index contributed by atoms with van der Waals surface area (Å²) < 4.78 is 28.0. The van der Waals surface area contributed by atoms with Crippen LogP contribution in [0.25, 0.3) is 0 Å². The molecule has 2 rings (SSSR count). The topological polar surface area (TPSA) is 75.4 Å². The molecule has 5 nitrogen and oxygen atoms in total. The number of anilines is 1. The predicted molar refractivity (Wildman–Crippen MR) is 85.7 cm³/mol. The van der Waals surface area contributed by atoms with Gasteiger partial charge in [-0.15, -0.1) is 0 Å².